The fourth-order valence-electron chi connectivity index (χ4n) is 4.59. The van der Waals surface area contributed by atoms with E-state index in [1.54, 1.807) is 24.3 Å². The Morgan fingerprint density at radius 1 is 0.946 bits per heavy atom. The van der Waals surface area contributed by atoms with Gasteiger partial charge in [0.1, 0.15) is 5.82 Å². The lowest BCUT2D eigenvalue weighted by Crippen LogP contribution is -2.43. The van der Waals surface area contributed by atoms with E-state index in [2.05, 4.69) is 38.9 Å². The summed E-state index contributed by atoms with van der Waals surface area (Å²) < 4.78 is 41.1. The lowest BCUT2D eigenvalue weighted by atomic mass is 9.98. The first-order chi connectivity index (χ1) is 17.7. The number of nitrogens with zero attached hydrogens (tertiary/aromatic N) is 4. The number of alkyl halides is 3. The summed E-state index contributed by atoms with van der Waals surface area (Å²) in [6.07, 6.45) is -2.89. The number of primary amides is 1. The number of carbonyl (C=O) groups excluding carboxylic acids is 1. The molecule has 1 fully saturated rings. The van der Waals surface area contributed by atoms with Crippen molar-refractivity contribution in [3.8, 4) is 0 Å². The Hall–Kier alpha value is -3.30. The molecule has 3 aromatic rings. The summed E-state index contributed by atoms with van der Waals surface area (Å²) >= 11 is 0. The molecule has 0 spiro atoms. The largest absolute Gasteiger partial charge is 0.419 e. The highest BCUT2D eigenvalue weighted by molar-refractivity contribution is 5.77. The minimum absolute atomic E-state index is 0.0435. The Labute approximate surface area is 215 Å². The smallest absolute Gasteiger partial charge is 0.369 e. The zero-order valence-corrected chi connectivity index (χ0v) is 21.0. The molecule has 1 aliphatic heterocycles. The van der Waals surface area contributed by atoms with Gasteiger partial charge in [0, 0.05) is 45.3 Å². The molecule has 1 amide bonds. The topological polar surface area (TPSA) is 75.3 Å². The van der Waals surface area contributed by atoms with Crippen molar-refractivity contribution in [2.45, 2.75) is 38.4 Å². The van der Waals surface area contributed by atoms with Crippen molar-refractivity contribution in [1.29, 1.82) is 0 Å². The van der Waals surface area contributed by atoms with Gasteiger partial charge in [-0.25, -0.2) is 9.97 Å². The summed E-state index contributed by atoms with van der Waals surface area (Å²) in [6.45, 7) is 5.07. The molecule has 0 atom stereocenters. The first kappa shape index (κ1) is 26.8. The van der Waals surface area contributed by atoms with Crippen LogP contribution in [0.25, 0.3) is 0 Å². The summed E-state index contributed by atoms with van der Waals surface area (Å²) in [6, 6.07) is 15.3. The molecule has 37 heavy (non-hydrogen) atoms. The van der Waals surface area contributed by atoms with Gasteiger partial charge in [-0.1, -0.05) is 48.5 Å². The predicted molar refractivity (Wildman–Crippen MR) is 136 cm³/mol. The van der Waals surface area contributed by atoms with E-state index in [0.29, 0.717) is 18.7 Å². The number of amides is 1. The zero-order valence-electron chi connectivity index (χ0n) is 21.0. The number of piperazine rings is 1. The lowest BCUT2D eigenvalue weighted by molar-refractivity contribution is -0.138. The van der Waals surface area contributed by atoms with Gasteiger partial charge < -0.3 is 10.6 Å². The minimum Gasteiger partial charge on any atom is -0.369 e. The van der Waals surface area contributed by atoms with Gasteiger partial charge >= 0.3 is 6.18 Å². The molecule has 4 rings (SSSR count). The molecule has 1 aliphatic rings. The van der Waals surface area contributed by atoms with Crippen molar-refractivity contribution in [3.05, 3.63) is 94.1 Å². The third-order valence-electron chi connectivity index (χ3n) is 6.72. The quantitative estimate of drug-likeness (QED) is 0.475. The molecule has 0 bridgehead atoms. The summed E-state index contributed by atoms with van der Waals surface area (Å²) in [5.74, 6) is -0.137. The van der Waals surface area contributed by atoms with Crippen molar-refractivity contribution < 1.29 is 18.0 Å². The van der Waals surface area contributed by atoms with Crippen molar-refractivity contribution in [1.82, 2.24) is 19.8 Å². The van der Waals surface area contributed by atoms with Gasteiger partial charge in [-0.15, -0.1) is 0 Å². The molecule has 196 valence electrons. The number of nitrogens with two attached hydrogens (primary N) is 1. The highest BCUT2D eigenvalue weighted by atomic mass is 19.4. The van der Waals surface area contributed by atoms with E-state index in [4.69, 9.17) is 5.73 Å². The Morgan fingerprint density at radius 2 is 1.59 bits per heavy atom. The number of likely N-dealkylation sites (N-methyl/N-ethyl adjacent to an activating group) is 1. The van der Waals surface area contributed by atoms with E-state index in [1.165, 1.54) is 5.56 Å². The summed E-state index contributed by atoms with van der Waals surface area (Å²) in [4.78, 5) is 24.5. The van der Waals surface area contributed by atoms with Crippen molar-refractivity contribution in [2.24, 2.45) is 5.73 Å². The number of carbonyl (C=O) groups is 1. The van der Waals surface area contributed by atoms with E-state index in [1.807, 2.05) is 12.1 Å². The highest BCUT2D eigenvalue weighted by Crippen LogP contribution is 2.31. The van der Waals surface area contributed by atoms with Crippen LogP contribution in [-0.2, 0) is 43.2 Å². The number of hydrogen-bond acceptors (Lipinski definition) is 5. The fourth-order valence-corrected chi connectivity index (χ4v) is 4.59. The first-order valence-corrected chi connectivity index (χ1v) is 12.4. The van der Waals surface area contributed by atoms with Gasteiger partial charge in [-0.3, -0.25) is 9.69 Å². The highest BCUT2D eigenvalue weighted by Gasteiger charge is 2.34. The van der Waals surface area contributed by atoms with Gasteiger partial charge in [0.15, 0.2) is 0 Å². The van der Waals surface area contributed by atoms with Crippen molar-refractivity contribution >= 4 is 5.91 Å². The van der Waals surface area contributed by atoms with Crippen LogP contribution in [-0.4, -0.2) is 58.9 Å². The Kier molecular flexibility index (Phi) is 8.56. The minimum atomic E-state index is -4.55. The van der Waals surface area contributed by atoms with Gasteiger partial charge in [0.05, 0.1) is 17.7 Å². The summed E-state index contributed by atoms with van der Waals surface area (Å²) in [5.41, 5.74) is 8.10. The van der Waals surface area contributed by atoms with E-state index in [-0.39, 0.29) is 18.5 Å². The van der Waals surface area contributed by atoms with E-state index in [0.717, 1.165) is 55.6 Å². The van der Waals surface area contributed by atoms with Crippen LogP contribution in [0.3, 0.4) is 0 Å². The first-order valence-electron chi connectivity index (χ1n) is 12.4. The number of aromatic nitrogens is 2. The van der Waals surface area contributed by atoms with Crippen LogP contribution in [0.15, 0.2) is 54.7 Å². The van der Waals surface area contributed by atoms with Crippen molar-refractivity contribution in [3.63, 3.8) is 0 Å². The van der Waals surface area contributed by atoms with Gasteiger partial charge in [0.2, 0.25) is 5.91 Å². The van der Waals surface area contributed by atoms with Gasteiger partial charge in [-0.2, -0.15) is 13.2 Å². The number of hydrogen-bond donors (Lipinski definition) is 1. The Morgan fingerprint density at radius 3 is 2.24 bits per heavy atom. The number of rotatable bonds is 9. The van der Waals surface area contributed by atoms with Crippen molar-refractivity contribution in [2.75, 3.05) is 33.2 Å². The zero-order chi connectivity index (χ0) is 26.4. The second kappa shape index (κ2) is 11.8. The molecular formula is C28H32F3N5O. The van der Waals surface area contributed by atoms with Crippen LogP contribution in [0.2, 0.25) is 0 Å². The van der Waals surface area contributed by atoms with Crippen LogP contribution >= 0.6 is 0 Å². The van der Waals surface area contributed by atoms with Crippen LogP contribution in [0.1, 0.15) is 39.3 Å². The SMILES string of the molecule is CN1CCN(Cc2ccc(Cc3ncc(C(F)(F)F)c(CCc4ccccc4CC(N)=O)n3)cc2)CC1. The van der Waals surface area contributed by atoms with E-state index >= 15 is 0 Å². The molecular weight excluding hydrogens is 479 g/mol. The third-order valence-corrected chi connectivity index (χ3v) is 6.72. The van der Waals surface area contributed by atoms with E-state index < -0.39 is 17.6 Å². The van der Waals surface area contributed by atoms with Gasteiger partial charge in [-0.05, 0) is 42.1 Å². The number of benzene rings is 2. The summed E-state index contributed by atoms with van der Waals surface area (Å²) in [5, 5.41) is 0. The molecule has 2 heterocycles. The maximum absolute atomic E-state index is 13.7. The Balaban J connectivity index is 1.46. The molecule has 2 aromatic carbocycles. The van der Waals surface area contributed by atoms with Crippen LogP contribution in [0, 0.1) is 0 Å². The van der Waals surface area contributed by atoms with Crippen LogP contribution < -0.4 is 5.73 Å². The monoisotopic (exact) mass is 511 g/mol. The lowest BCUT2D eigenvalue weighted by Gasteiger charge is -2.32. The molecule has 1 saturated heterocycles. The molecule has 1 aromatic heterocycles. The molecule has 9 heteroatoms. The molecule has 6 nitrogen and oxygen atoms in total. The molecule has 0 aliphatic carbocycles. The fraction of sp³-hybridized carbons (Fsp3) is 0.393. The number of aryl methyl sites for hydroxylation is 2. The third kappa shape index (κ3) is 7.60. The second-order valence-electron chi connectivity index (χ2n) is 9.63. The molecule has 0 unspecified atom stereocenters. The normalized spacial score (nSPS) is 15.1. The standard InChI is InChI=1S/C28H32F3N5O/c1-35-12-14-36(15-13-35)19-21-8-6-20(7-9-21)16-27-33-18-24(28(29,30)31)25(34-27)11-10-22-4-2-3-5-23(22)17-26(32)37/h2-9,18H,10-17,19H2,1H3,(H2,32,37). The van der Waals surface area contributed by atoms with Gasteiger partial charge in [0.25, 0.3) is 0 Å². The second-order valence-corrected chi connectivity index (χ2v) is 9.63. The molecule has 0 saturated carbocycles. The van der Waals surface area contributed by atoms with Crippen LogP contribution in [0.4, 0.5) is 13.2 Å². The maximum atomic E-state index is 13.7. The molecule has 2 N–H and O–H groups in total. The average Bonchev–Trinajstić information content (AvgIpc) is 2.85. The summed E-state index contributed by atoms with van der Waals surface area (Å²) in [7, 11) is 2.13. The number of halogens is 3. The Bertz CT molecular complexity index is 1210. The van der Waals surface area contributed by atoms with E-state index in [9.17, 15) is 18.0 Å². The van der Waals surface area contributed by atoms with Crippen LogP contribution in [0.5, 0.6) is 0 Å². The average molecular weight is 512 g/mol. The predicted octanol–water partition coefficient (Wildman–Crippen LogP) is 3.65. The molecule has 0 radical (unpaired) electrons. The maximum Gasteiger partial charge on any atom is 0.419 e.